The first-order valence-corrected chi connectivity index (χ1v) is 5.89. The van der Waals surface area contributed by atoms with Crippen LogP contribution in [0.5, 0.6) is 0 Å². The normalized spacial score (nSPS) is 11.7. The lowest BCUT2D eigenvalue weighted by atomic mass is 10.1. The number of aliphatic hydroxyl groups excluding tert-OH is 1. The van der Waals surface area contributed by atoms with E-state index in [-0.39, 0.29) is 6.61 Å². The van der Waals surface area contributed by atoms with Gasteiger partial charge in [0, 0.05) is 11.7 Å². The summed E-state index contributed by atoms with van der Waals surface area (Å²) in [6.07, 6.45) is 0.769. The lowest BCUT2D eigenvalue weighted by Gasteiger charge is -2.12. The van der Waals surface area contributed by atoms with Crippen LogP contribution in [-0.2, 0) is 16.0 Å². The second-order valence-electron chi connectivity index (χ2n) is 4.02. The summed E-state index contributed by atoms with van der Waals surface area (Å²) in [7, 11) is 0. The molecule has 18 heavy (non-hydrogen) atoms. The van der Waals surface area contributed by atoms with Gasteiger partial charge in [-0.1, -0.05) is 25.1 Å². The molecule has 1 rings (SSSR count). The third kappa shape index (κ3) is 3.85. The van der Waals surface area contributed by atoms with Crippen LogP contribution in [0.4, 0.5) is 5.69 Å². The molecule has 0 fully saturated rings. The summed E-state index contributed by atoms with van der Waals surface area (Å²) >= 11 is 0. The fourth-order valence-electron chi connectivity index (χ4n) is 1.46. The number of para-hydroxylation sites is 1. The molecule has 5 heteroatoms. The number of aryl methyl sites for hydroxylation is 1. The highest BCUT2D eigenvalue weighted by molar-refractivity contribution is 6.39. The molecule has 5 nitrogen and oxygen atoms in total. The molecule has 1 atom stereocenters. The molecular weight excluding hydrogens is 232 g/mol. The zero-order chi connectivity index (χ0) is 13.5. The maximum absolute atomic E-state index is 11.6. The van der Waals surface area contributed by atoms with Crippen molar-refractivity contribution in [3.05, 3.63) is 29.8 Å². The van der Waals surface area contributed by atoms with E-state index in [9.17, 15) is 9.59 Å². The average Bonchev–Trinajstić information content (AvgIpc) is 2.39. The van der Waals surface area contributed by atoms with Gasteiger partial charge in [0.15, 0.2) is 0 Å². The predicted octanol–water partition coefficient (Wildman–Crippen LogP) is 0.684. The van der Waals surface area contributed by atoms with Crippen molar-refractivity contribution in [3.63, 3.8) is 0 Å². The van der Waals surface area contributed by atoms with Crippen molar-refractivity contribution >= 4 is 17.5 Å². The lowest BCUT2D eigenvalue weighted by Crippen LogP contribution is -2.42. The van der Waals surface area contributed by atoms with Gasteiger partial charge in [-0.3, -0.25) is 9.59 Å². The van der Waals surface area contributed by atoms with Crippen molar-refractivity contribution in [2.24, 2.45) is 0 Å². The number of nitrogens with one attached hydrogen (secondary N) is 2. The standard InChI is InChI=1S/C13H18N2O3/c1-3-10-6-4-5-7-11(10)15-13(18)12(17)14-9(2)8-16/h4-7,9,16H,3,8H2,1-2H3,(H,14,17)(H,15,18). The number of hydrogen-bond acceptors (Lipinski definition) is 3. The molecule has 0 spiro atoms. The van der Waals surface area contributed by atoms with Crippen molar-refractivity contribution in [3.8, 4) is 0 Å². The number of carbonyl (C=O) groups excluding carboxylic acids is 2. The van der Waals surface area contributed by atoms with E-state index in [1.54, 1.807) is 19.1 Å². The predicted molar refractivity (Wildman–Crippen MR) is 69.1 cm³/mol. The monoisotopic (exact) mass is 250 g/mol. The second-order valence-corrected chi connectivity index (χ2v) is 4.02. The first-order chi connectivity index (χ1) is 8.58. The Balaban J connectivity index is 2.67. The summed E-state index contributed by atoms with van der Waals surface area (Å²) in [5, 5.41) is 13.7. The Hall–Kier alpha value is -1.88. The smallest absolute Gasteiger partial charge is 0.313 e. The van der Waals surface area contributed by atoms with Crippen molar-refractivity contribution in [2.45, 2.75) is 26.3 Å². The molecule has 0 radical (unpaired) electrons. The Morgan fingerprint density at radius 3 is 2.56 bits per heavy atom. The number of aliphatic hydroxyl groups is 1. The van der Waals surface area contributed by atoms with Gasteiger partial charge in [-0.2, -0.15) is 0 Å². The second kappa shape index (κ2) is 6.76. The molecule has 2 amide bonds. The van der Waals surface area contributed by atoms with Gasteiger partial charge in [0.2, 0.25) is 0 Å². The Kier molecular flexibility index (Phi) is 5.32. The quantitative estimate of drug-likeness (QED) is 0.688. The van der Waals surface area contributed by atoms with Gasteiger partial charge in [0.25, 0.3) is 0 Å². The first-order valence-electron chi connectivity index (χ1n) is 5.89. The summed E-state index contributed by atoms with van der Waals surface area (Å²) in [5.41, 5.74) is 1.60. The molecular formula is C13H18N2O3. The van der Waals surface area contributed by atoms with Gasteiger partial charge in [0.1, 0.15) is 0 Å². The highest BCUT2D eigenvalue weighted by Crippen LogP contribution is 2.15. The molecule has 0 aromatic heterocycles. The minimum Gasteiger partial charge on any atom is -0.394 e. The van der Waals surface area contributed by atoms with Gasteiger partial charge in [0.05, 0.1) is 6.61 Å². The van der Waals surface area contributed by atoms with Crippen LogP contribution in [-0.4, -0.2) is 29.6 Å². The van der Waals surface area contributed by atoms with Gasteiger partial charge in [-0.25, -0.2) is 0 Å². The number of hydrogen-bond donors (Lipinski definition) is 3. The molecule has 0 heterocycles. The van der Waals surface area contributed by atoms with Crippen molar-refractivity contribution < 1.29 is 14.7 Å². The van der Waals surface area contributed by atoms with Gasteiger partial charge in [-0.15, -0.1) is 0 Å². The molecule has 0 saturated heterocycles. The van der Waals surface area contributed by atoms with E-state index in [2.05, 4.69) is 10.6 Å². The van der Waals surface area contributed by atoms with Crippen LogP contribution in [0.2, 0.25) is 0 Å². The molecule has 98 valence electrons. The van der Waals surface area contributed by atoms with E-state index >= 15 is 0 Å². The van der Waals surface area contributed by atoms with Crippen LogP contribution in [0.1, 0.15) is 19.4 Å². The molecule has 3 N–H and O–H groups in total. The molecule has 1 aromatic rings. The maximum atomic E-state index is 11.6. The highest BCUT2D eigenvalue weighted by Gasteiger charge is 2.16. The highest BCUT2D eigenvalue weighted by atomic mass is 16.3. The van der Waals surface area contributed by atoms with Crippen LogP contribution < -0.4 is 10.6 Å². The van der Waals surface area contributed by atoms with Crippen LogP contribution in [0.25, 0.3) is 0 Å². The molecule has 1 unspecified atom stereocenters. The maximum Gasteiger partial charge on any atom is 0.313 e. The van der Waals surface area contributed by atoms with E-state index < -0.39 is 17.9 Å². The van der Waals surface area contributed by atoms with Crippen LogP contribution in [0.15, 0.2) is 24.3 Å². The Morgan fingerprint density at radius 2 is 1.94 bits per heavy atom. The molecule has 0 aliphatic carbocycles. The minimum absolute atomic E-state index is 0.204. The van der Waals surface area contributed by atoms with Crippen molar-refractivity contribution in [1.82, 2.24) is 5.32 Å². The topological polar surface area (TPSA) is 78.4 Å². The Morgan fingerprint density at radius 1 is 1.28 bits per heavy atom. The fourth-order valence-corrected chi connectivity index (χ4v) is 1.46. The van der Waals surface area contributed by atoms with Crippen molar-refractivity contribution in [2.75, 3.05) is 11.9 Å². The number of rotatable bonds is 4. The molecule has 0 aliphatic rings. The largest absolute Gasteiger partial charge is 0.394 e. The number of amides is 2. The zero-order valence-corrected chi connectivity index (χ0v) is 10.6. The summed E-state index contributed by atoms with van der Waals surface area (Å²) in [6.45, 7) is 3.38. The number of anilines is 1. The summed E-state index contributed by atoms with van der Waals surface area (Å²) < 4.78 is 0. The Labute approximate surface area is 106 Å². The Bertz CT molecular complexity index is 432. The third-order valence-corrected chi connectivity index (χ3v) is 2.50. The van der Waals surface area contributed by atoms with Gasteiger partial charge < -0.3 is 15.7 Å². The molecule has 1 aromatic carbocycles. The average molecular weight is 250 g/mol. The van der Waals surface area contributed by atoms with Crippen LogP contribution in [0.3, 0.4) is 0 Å². The van der Waals surface area contributed by atoms with Gasteiger partial charge >= 0.3 is 11.8 Å². The summed E-state index contributed by atoms with van der Waals surface area (Å²) in [5.74, 6) is -1.47. The third-order valence-electron chi connectivity index (χ3n) is 2.50. The lowest BCUT2D eigenvalue weighted by molar-refractivity contribution is -0.136. The fraction of sp³-hybridized carbons (Fsp3) is 0.385. The SMILES string of the molecule is CCc1ccccc1NC(=O)C(=O)NC(C)CO. The molecule has 0 saturated carbocycles. The van der Waals surface area contributed by atoms with Crippen LogP contribution >= 0.6 is 0 Å². The van der Waals surface area contributed by atoms with Gasteiger partial charge in [-0.05, 0) is 25.0 Å². The van der Waals surface area contributed by atoms with Crippen LogP contribution in [0, 0.1) is 0 Å². The molecule has 0 aliphatic heterocycles. The number of benzene rings is 1. The minimum atomic E-state index is -0.748. The zero-order valence-electron chi connectivity index (χ0n) is 10.6. The summed E-state index contributed by atoms with van der Waals surface area (Å²) in [6, 6.07) is 6.87. The first kappa shape index (κ1) is 14.2. The van der Waals surface area contributed by atoms with E-state index in [0.717, 1.165) is 12.0 Å². The van der Waals surface area contributed by atoms with E-state index in [4.69, 9.17) is 5.11 Å². The summed E-state index contributed by atoms with van der Waals surface area (Å²) in [4.78, 5) is 23.1. The van der Waals surface area contributed by atoms with E-state index in [1.807, 2.05) is 19.1 Å². The molecule has 0 bridgehead atoms. The van der Waals surface area contributed by atoms with E-state index in [1.165, 1.54) is 0 Å². The van der Waals surface area contributed by atoms with E-state index in [0.29, 0.717) is 5.69 Å². The number of carbonyl (C=O) groups is 2. The van der Waals surface area contributed by atoms with Crippen molar-refractivity contribution in [1.29, 1.82) is 0 Å².